The van der Waals surface area contributed by atoms with Gasteiger partial charge in [-0.2, -0.15) is 0 Å². The first-order valence-corrected chi connectivity index (χ1v) is 11.3. The summed E-state index contributed by atoms with van der Waals surface area (Å²) >= 11 is 0. The first-order valence-electron chi connectivity index (χ1n) is 11.3. The fourth-order valence-corrected chi connectivity index (χ4v) is 4.38. The van der Waals surface area contributed by atoms with Gasteiger partial charge in [0.1, 0.15) is 17.2 Å². The van der Waals surface area contributed by atoms with Crippen LogP contribution in [-0.2, 0) is 29.0 Å². The minimum atomic E-state index is -1.02. The monoisotopic (exact) mass is 462 g/mol. The number of aliphatic carboxylic acids is 1. The molecule has 0 fully saturated rings. The third-order valence-electron chi connectivity index (χ3n) is 6.29. The van der Waals surface area contributed by atoms with Crippen LogP contribution in [0.2, 0.25) is 0 Å². The van der Waals surface area contributed by atoms with Gasteiger partial charge in [-0.3, -0.25) is 0 Å². The number of hydrogen-bond donors (Lipinski definition) is 1. The van der Waals surface area contributed by atoms with Crippen LogP contribution in [0.15, 0.2) is 54.6 Å². The van der Waals surface area contributed by atoms with Crippen molar-refractivity contribution in [1.82, 2.24) is 0 Å². The van der Waals surface area contributed by atoms with E-state index in [0.29, 0.717) is 12.4 Å². The lowest BCUT2D eigenvalue weighted by molar-refractivity contribution is -0.144. The van der Waals surface area contributed by atoms with Crippen molar-refractivity contribution in [2.45, 2.75) is 45.5 Å². The number of fused-ring (bicyclic) bond motifs is 1. The second-order valence-corrected chi connectivity index (χ2v) is 8.53. The van der Waals surface area contributed by atoms with E-state index in [2.05, 4.69) is 24.3 Å². The zero-order chi connectivity index (χ0) is 24.2. The smallest absolute Gasteiger partial charge is 0.344 e. The van der Waals surface area contributed by atoms with Crippen LogP contribution in [0.5, 0.6) is 17.2 Å². The molecule has 4 rings (SSSR count). The predicted octanol–water partition coefficient (Wildman–Crippen LogP) is 5.22. The topological polar surface area (TPSA) is 74.2 Å². The molecule has 178 valence electrons. The maximum atomic E-state index is 11.3. The Hall–Kier alpha value is -3.51. The highest BCUT2D eigenvalue weighted by atomic mass is 16.5. The quantitative estimate of drug-likeness (QED) is 0.470. The van der Waals surface area contributed by atoms with Gasteiger partial charge in [0.2, 0.25) is 0 Å². The second kappa shape index (κ2) is 10.2. The second-order valence-electron chi connectivity index (χ2n) is 8.53. The third-order valence-corrected chi connectivity index (χ3v) is 6.29. The van der Waals surface area contributed by atoms with Gasteiger partial charge in [0.25, 0.3) is 0 Å². The molecule has 1 N–H and O–H groups in total. The highest BCUT2D eigenvalue weighted by Crippen LogP contribution is 2.37. The number of benzene rings is 3. The summed E-state index contributed by atoms with van der Waals surface area (Å²) in [4.78, 5) is 11.3. The Morgan fingerprint density at radius 3 is 2.18 bits per heavy atom. The number of methoxy groups -OCH3 is 2. The molecular formula is C28H30O6. The van der Waals surface area contributed by atoms with E-state index in [-0.39, 0.29) is 6.10 Å². The maximum absolute atomic E-state index is 11.3. The molecule has 6 nitrogen and oxygen atoms in total. The third kappa shape index (κ3) is 5.02. The fraction of sp³-hybridized carbons (Fsp3) is 0.321. The van der Waals surface area contributed by atoms with E-state index < -0.39 is 12.1 Å². The van der Waals surface area contributed by atoms with E-state index in [1.165, 1.54) is 18.1 Å². The summed E-state index contributed by atoms with van der Waals surface area (Å²) in [5.41, 5.74) is 6.35. The number of rotatable bonds is 9. The zero-order valence-corrected chi connectivity index (χ0v) is 20.0. The van der Waals surface area contributed by atoms with E-state index in [0.717, 1.165) is 46.6 Å². The molecule has 1 aliphatic carbocycles. The first-order chi connectivity index (χ1) is 16.4. The Bertz CT molecular complexity index is 1140. The summed E-state index contributed by atoms with van der Waals surface area (Å²) in [7, 11) is 3.27. The standard InChI is InChI=1S/C28H30O6/c1-17-26(31-3)14-21(15-27(17)32-4)25-10-9-23(34-18(2)28(29)30)13-22(25)16-33-24-11-19-7-5-6-8-20(19)12-24/h5-10,13-15,18,24H,11-12,16H2,1-4H3,(H,29,30). The van der Waals surface area contributed by atoms with Crippen LogP contribution in [0.1, 0.15) is 29.2 Å². The van der Waals surface area contributed by atoms with Gasteiger partial charge in [0.05, 0.1) is 26.9 Å². The van der Waals surface area contributed by atoms with Crippen molar-refractivity contribution < 1.29 is 28.8 Å². The molecule has 0 aliphatic heterocycles. The molecule has 1 aliphatic rings. The number of carbonyl (C=O) groups is 1. The van der Waals surface area contributed by atoms with Crippen molar-refractivity contribution >= 4 is 5.97 Å². The Kier molecular flexibility index (Phi) is 7.08. The predicted molar refractivity (Wildman–Crippen MR) is 130 cm³/mol. The number of hydrogen-bond acceptors (Lipinski definition) is 5. The molecule has 34 heavy (non-hydrogen) atoms. The summed E-state index contributed by atoms with van der Waals surface area (Å²) in [5, 5.41) is 9.24. The maximum Gasteiger partial charge on any atom is 0.344 e. The molecule has 0 aromatic heterocycles. The van der Waals surface area contributed by atoms with Gasteiger partial charge in [-0.15, -0.1) is 0 Å². The number of carboxylic acids is 1. The Morgan fingerprint density at radius 1 is 1.00 bits per heavy atom. The van der Waals surface area contributed by atoms with E-state index in [1.807, 2.05) is 31.2 Å². The molecule has 3 aromatic carbocycles. The van der Waals surface area contributed by atoms with Crippen LogP contribution < -0.4 is 14.2 Å². The Morgan fingerprint density at radius 2 is 1.62 bits per heavy atom. The van der Waals surface area contributed by atoms with Crippen LogP contribution in [0.25, 0.3) is 11.1 Å². The van der Waals surface area contributed by atoms with Crippen LogP contribution in [0, 0.1) is 6.92 Å². The largest absolute Gasteiger partial charge is 0.496 e. The van der Waals surface area contributed by atoms with Crippen LogP contribution in [0.3, 0.4) is 0 Å². The van der Waals surface area contributed by atoms with Gasteiger partial charge >= 0.3 is 5.97 Å². The van der Waals surface area contributed by atoms with Crippen molar-refractivity contribution in [2.75, 3.05) is 14.2 Å². The molecule has 0 spiro atoms. The summed E-state index contributed by atoms with van der Waals surface area (Å²) in [6.07, 6.45) is 0.895. The normalized spacial score (nSPS) is 13.9. The van der Waals surface area contributed by atoms with Crippen molar-refractivity contribution in [3.8, 4) is 28.4 Å². The highest BCUT2D eigenvalue weighted by molar-refractivity contribution is 5.74. The number of ether oxygens (including phenoxy) is 4. The molecule has 0 heterocycles. The molecule has 0 saturated carbocycles. The lowest BCUT2D eigenvalue weighted by Crippen LogP contribution is -2.23. The van der Waals surface area contributed by atoms with E-state index in [4.69, 9.17) is 18.9 Å². The molecule has 3 aromatic rings. The average molecular weight is 463 g/mol. The van der Waals surface area contributed by atoms with Crippen LogP contribution in [0.4, 0.5) is 0 Å². The van der Waals surface area contributed by atoms with Crippen molar-refractivity contribution in [2.24, 2.45) is 0 Å². The minimum absolute atomic E-state index is 0.0925. The molecule has 1 unspecified atom stereocenters. The molecule has 1 atom stereocenters. The molecule has 0 radical (unpaired) electrons. The lowest BCUT2D eigenvalue weighted by Gasteiger charge is -2.19. The van der Waals surface area contributed by atoms with E-state index in [9.17, 15) is 9.90 Å². The molecule has 0 bridgehead atoms. The molecule has 6 heteroatoms. The van der Waals surface area contributed by atoms with Gasteiger partial charge in [-0.05, 0) is 78.8 Å². The molecule has 0 amide bonds. The van der Waals surface area contributed by atoms with Gasteiger partial charge in [-0.1, -0.05) is 30.3 Å². The van der Waals surface area contributed by atoms with Gasteiger partial charge in [0.15, 0.2) is 6.10 Å². The van der Waals surface area contributed by atoms with Crippen molar-refractivity contribution in [1.29, 1.82) is 0 Å². The highest BCUT2D eigenvalue weighted by Gasteiger charge is 2.23. The summed E-state index contributed by atoms with van der Waals surface area (Å²) in [6, 6.07) is 17.9. The molecule has 0 saturated heterocycles. The van der Waals surface area contributed by atoms with Crippen molar-refractivity contribution in [3.05, 3.63) is 76.9 Å². The van der Waals surface area contributed by atoms with Gasteiger partial charge in [-0.25, -0.2) is 4.79 Å². The average Bonchev–Trinajstić information content (AvgIpc) is 3.26. The minimum Gasteiger partial charge on any atom is -0.496 e. The Labute approximate surface area is 200 Å². The zero-order valence-electron chi connectivity index (χ0n) is 20.0. The van der Waals surface area contributed by atoms with Crippen molar-refractivity contribution in [3.63, 3.8) is 0 Å². The summed E-state index contributed by atoms with van der Waals surface area (Å²) in [5.74, 6) is 0.927. The first kappa shape index (κ1) is 23.6. The number of carboxylic acid groups (broad SMARTS) is 1. The summed E-state index contributed by atoms with van der Waals surface area (Å²) < 4.78 is 23.1. The van der Waals surface area contributed by atoms with Gasteiger partial charge < -0.3 is 24.1 Å². The van der Waals surface area contributed by atoms with Crippen LogP contribution >= 0.6 is 0 Å². The molecular weight excluding hydrogens is 432 g/mol. The Balaban J connectivity index is 1.65. The van der Waals surface area contributed by atoms with Crippen LogP contribution in [-0.4, -0.2) is 37.5 Å². The summed E-state index contributed by atoms with van der Waals surface area (Å²) in [6.45, 7) is 3.83. The van der Waals surface area contributed by atoms with E-state index in [1.54, 1.807) is 20.3 Å². The lowest BCUT2D eigenvalue weighted by atomic mass is 9.97. The van der Waals surface area contributed by atoms with Gasteiger partial charge in [0, 0.05) is 5.56 Å². The van der Waals surface area contributed by atoms with E-state index >= 15 is 0 Å². The SMILES string of the molecule is COc1cc(-c2ccc(OC(C)C(=O)O)cc2COC2Cc3ccccc3C2)cc(OC)c1C. The fourth-order valence-electron chi connectivity index (χ4n) is 4.38.